The largest absolute Gasteiger partial charge is 0.378 e. The van der Waals surface area contributed by atoms with Gasteiger partial charge < -0.3 is 10.1 Å². The van der Waals surface area contributed by atoms with Crippen LogP contribution in [0.15, 0.2) is 0 Å². The summed E-state index contributed by atoms with van der Waals surface area (Å²) in [4.78, 5) is 11.4. The maximum Gasteiger partial charge on any atom is 0.240 e. The van der Waals surface area contributed by atoms with Gasteiger partial charge in [0.1, 0.15) is 0 Å². The molecule has 0 aromatic rings. The second-order valence-corrected chi connectivity index (χ2v) is 3.99. The molecule has 2 heterocycles. The Balaban J connectivity index is 2.14. The number of fused-ring (bicyclic) bond motifs is 1. The lowest BCUT2D eigenvalue weighted by Crippen LogP contribution is -2.68. The zero-order chi connectivity index (χ0) is 8.77. The molecule has 0 spiro atoms. The molecular formula is C8H14N2O2. The van der Waals surface area contributed by atoms with Crippen molar-refractivity contribution in [2.75, 3.05) is 13.2 Å². The minimum atomic E-state index is -0.450. The summed E-state index contributed by atoms with van der Waals surface area (Å²) in [5, 5.41) is 6.21. The van der Waals surface area contributed by atoms with Gasteiger partial charge in [0.15, 0.2) is 0 Å². The molecule has 2 saturated heterocycles. The smallest absolute Gasteiger partial charge is 0.240 e. The summed E-state index contributed by atoms with van der Waals surface area (Å²) >= 11 is 0. The molecule has 2 N–H and O–H groups in total. The van der Waals surface area contributed by atoms with Crippen LogP contribution in [0.2, 0.25) is 0 Å². The summed E-state index contributed by atoms with van der Waals surface area (Å²) in [6.45, 7) is 5.11. The van der Waals surface area contributed by atoms with E-state index in [9.17, 15) is 4.79 Å². The molecule has 2 rings (SSSR count). The third-order valence-electron chi connectivity index (χ3n) is 2.51. The number of rotatable bonds is 0. The zero-order valence-electron chi connectivity index (χ0n) is 7.39. The number of carbonyl (C=O) groups is 1. The van der Waals surface area contributed by atoms with E-state index in [-0.39, 0.29) is 18.0 Å². The van der Waals surface area contributed by atoms with Gasteiger partial charge in [-0.25, -0.2) is 0 Å². The number of amides is 1. The van der Waals surface area contributed by atoms with Crippen LogP contribution in [-0.4, -0.2) is 36.7 Å². The van der Waals surface area contributed by atoms with Crippen LogP contribution >= 0.6 is 0 Å². The van der Waals surface area contributed by atoms with Crippen LogP contribution < -0.4 is 10.6 Å². The molecule has 4 heteroatoms. The van der Waals surface area contributed by atoms with Crippen molar-refractivity contribution in [1.82, 2.24) is 10.6 Å². The molecule has 12 heavy (non-hydrogen) atoms. The van der Waals surface area contributed by atoms with Crippen molar-refractivity contribution in [1.29, 1.82) is 0 Å². The van der Waals surface area contributed by atoms with E-state index in [2.05, 4.69) is 10.6 Å². The van der Waals surface area contributed by atoms with E-state index >= 15 is 0 Å². The van der Waals surface area contributed by atoms with Crippen LogP contribution in [-0.2, 0) is 9.53 Å². The number of nitrogens with one attached hydrogen (secondary N) is 2. The molecule has 0 aromatic heterocycles. The molecule has 2 aliphatic rings. The second-order valence-electron chi connectivity index (χ2n) is 3.99. The fraction of sp³-hybridized carbons (Fsp3) is 0.875. The van der Waals surface area contributed by atoms with Crippen molar-refractivity contribution in [2.24, 2.45) is 0 Å². The average Bonchev–Trinajstić information content (AvgIpc) is 2.35. The van der Waals surface area contributed by atoms with Crippen LogP contribution in [0.4, 0.5) is 0 Å². The summed E-state index contributed by atoms with van der Waals surface area (Å²) in [7, 11) is 0. The molecule has 0 aromatic carbocycles. The lowest BCUT2D eigenvalue weighted by molar-refractivity contribution is -0.129. The van der Waals surface area contributed by atoms with Gasteiger partial charge in [0.05, 0.1) is 30.8 Å². The maximum absolute atomic E-state index is 11.4. The summed E-state index contributed by atoms with van der Waals surface area (Å²) in [6, 6.07) is 0.461. The van der Waals surface area contributed by atoms with Gasteiger partial charge in [0.25, 0.3) is 0 Å². The number of carbonyl (C=O) groups excluding carboxylic acids is 1. The van der Waals surface area contributed by atoms with Crippen molar-refractivity contribution in [3.05, 3.63) is 0 Å². The maximum atomic E-state index is 11.4. The van der Waals surface area contributed by atoms with E-state index < -0.39 is 5.54 Å². The Kier molecular flexibility index (Phi) is 1.63. The molecular weight excluding hydrogens is 156 g/mol. The van der Waals surface area contributed by atoms with E-state index in [0.29, 0.717) is 13.2 Å². The summed E-state index contributed by atoms with van der Waals surface area (Å²) < 4.78 is 5.26. The minimum absolute atomic E-state index is 0.0641. The Bertz CT molecular complexity index is 215. The van der Waals surface area contributed by atoms with Gasteiger partial charge in [-0.1, -0.05) is 0 Å². The van der Waals surface area contributed by atoms with Gasteiger partial charge in [-0.2, -0.15) is 0 Å². The first kappa shape index (κ1) is 8.01. The van der Waals surface area contributed by atoms with Gasteiger partial charge in [0, 0.05) is 0 Å². The standard InChI is InChI=1S/C8H14N2O2/c1-8(2)7(11)9-5-3-12-4-6(5)10-8/h5-6,10H,3-4H2,1-2H3,(H,9,11)/t5-,6+/m1/s1. The quantitative estimate of drug-likeness (QED) is 0.503. The molecule has 0 unspecified atom stereocenters. The molecule has 4 nitrogen and oxygen atoms in total. The van der Waals surface area contributed by atoms with E-state index in [1.54, 1.807) is 0 Å². The van der Waals surface area contributed by atoms with E-state index in [4.69, 9.17) is 4.74 Å². The zero-order valence-corrected chi connectivity index (χ0v) is 7.39. The monoisotopic (exact) mass is 170 g/mol. The van der Waals surface area contributed by atoms with Crippen LogP contribution in [0, 0.1) is 0 Å². The highest BCUT2D eigenvalue weighted by atomic mass is 16.5. The topological polar surface area (TPSA) is 50.4 Å². The first-order valence-corrected chi connectivity index (χ1v) is 4.26. The second kappa shape index (κ2) is 2.44. The Morgan fingerprint density at radius 3 is 2.83 bits per heavy atom. The minimum Gasteiger partial charge on any atom is -0.378 e. The summed E-state index contributed by atoms with van der Waals surface area (Å²) in [5.41, 5.74) is -0.450. The third-order valence-corrected chi connectivity index (χ3v) is 2.51. The first-order chi connectivity index (χ1) is 5.59. The van der Waals surface area contributed by atoms with Crippen LogP contribution in [0.3, 0.4) is 0 Å². The molecule has 0 aliphatic carbocycles. The van der Waals surface area contributed by atoms with Gasteiger partial charge >= 0.3 is 0 Å². The molecule has 2 aliphatic heterocycles. The molecule has 2 atom stereocenters. The van der Waals surface area contributed by atoms with E-state index in [1.807, 2.05) is 13.8 Å². The fourth-order valence-electron chi connectivity index (χ4n) is 1.72. The number of hydrogen-bond donors (Lipinski definition) is 2. The molecule has 0 bridgehead atoms. The predicted molar refractivity (Wildman–Crippen MR) is 43.8 cm³/mol. The normalized spacial score (nSPS) is 39.0. The average molecular weight is 170 g/mol. The number of piperazine rings is 1. The molecule has 0 saturated carbocycles. The number of ether oxygens (including phenoxy) is 1. The van der Waals surface area contributed by atoms with Crippen LogP contribution in [0.5, 0.6) is 0 Å². The van der Waals surface area contributed by atoms with Crippen molar-refractivity contribution in [3.8, 4) is 0 Å². The Morgan fingerprint density at radius 2 is 2.08 bits per heavy atom. The van der Waals surface area contributed by atoms with E-state index in [1.165, 1.54) is 0 Å². The Hall–Kier alpha value is -0.610. The third kappa shape index (κ3) is 1.11. The molecule has 2 fully saturated rings. The van der Waals surface area contributed by atoms with Crippen molar-refractivity contribution < 1.29 is 9.53 Å². The summed E-state index contributed by atoms with van der Waals surface area (Å²) in [5.74, 6) is 0.0641. The highest BCUT2D eigenvalue weighted by Crippen LogP contribution is 2.16. The fourth-order valence-corrected chi connectivity index (χ4v) is 1.72. The van der Waals surface area contributed by atoms with Gasteiger partial charge in [-0.15, -0.1) is 0 Å². The lowest BCUT2D eigenvalue weighted by atomic mass is 9.96. The van der Waals surface area contributed by atoms with Gasteiger partial charge in [-0.05, 0) is 13.8 Å². The Labute approximate surface area is 71.7 Å². The van der Waals surface area contributed by atoms with E-state index in [0.717, 1.165) is 0 Å². The van der Waals surface area contributed by atoms with Crippen molar-refractivity contribution in [3.63, 3.8) is 0 Å². The van der Waals surface area contributed by atoms with Crippen molar-refractivity contribution >= 4 is 5.91 Å². The van der Waals surface area contributed by atoms with Crippen LogP contribution in [0.1, 0.15) is 13.8 Å². The highest BCUT2D eigenvalue weighted by molar-refractivity contribution is 5.86. The van der Waals surface area contributed by atoms with Gasteiger partial charge in [0.2, 0.25) is 5.91 Å². The summed E-state index contributed by atoms with van der Waals surface area (Å²) in [6.07, 6.45) is 0. The molecule has 0 radical (unpaired) electrons. The molecule has 68 valence electrons. The number of hydrogen-bond acceptors (Lipinski definition) is 3. The Morgan fingerprint density at radius 1 is 1.42 bits per heavy atom. The van der Waals surface area contributed by atoms with Crippen LogP contribution in [0.25, 0.3) is 0 Å². The predicted octanol–water partition coefficient (Wildman–Crippen LogP) is -0.748. The van der Waals surface area contributed by atoms with Crippen molar-refractivity contribution in [2.45, 2.75) is 31.5 Å². The lowest BCUT2D eigenvalue weighted by Gasteiger charge is -2.37. The van der Waals surface area contributed by atoms with Gasteiger partial charge in [-0.3, -0.25) is 10.1 Å². The highest BCUT2D eigenvalue weighted by Gasteiger charge is 2.42. The molecule has 1 amide bonds. The first-order valence-electron chi connectivity index (χ1n) is 4.26. The SMILES string of the molecule is CC1(C)N[C@H]2COC[C@H]2NC1=O.